The van der Waals surface area contributed by atoms with Gasteiger partial charge >= 0.3 is 0 Å². The summed E-state index contributed by atoms with van der Waals surface area (Å²) in [6.07, 6.45) is 2.79. The summed E-state index contributed by atoms with van der Waals surface area (Å²) in [5.74, 6) is 1.22. The summed E-state index contributed by atoms with van der Waals surface area (Å²) in [5, 5.41) is 0. The van der Waals surface area contributed by atoms with Crippen LogP contribution < -0.4 is 9.47 Å². The van der Waals surface area contributed by atoms with Gasteiger partial charge in [-0.2, -0.15) is 0 Å². The summed E-state index contributed by atoms with van der Waals surface area (Å²) in [7, 11) is 0. The maximum atomic E-state index is 14.6. The first-order valence-corrected chi connectivity index (χ1v) is 9.20. The van der Waals surface area contributed by atoms with E-state index in [9.17, 15) is 4.39 Å². The smallest absolute Gasteiger partial charge is 0.163 e. The normalized spacial score (nSPS) is 17.6. The highest BCUT2D eigenvalue weighted by molar-refractivity contribution is 6.13. The Bertz CT molecular complexity index is 1050. The summed E-state index contributed by atoms with van der Waals surface area (Å²) < 4.78 is 28.2. The molecule has 0 bridgehead atoms. The summed E-state index contributed by atoms with van der Waals surface area (Å²) >= 11 is 0. The van der Waals surface area contributed by atoms with Crippen molar-refractivity contribution in [1.29, 1.82) is 0 Å². The van der Waals surface area contributed by atoms with E-state index < -0.39 is 0 Å². The van der Waals surface area contributed by atoms with Gasteiger partial charge in [-0.25, -0.2) is 4.39 Å². The molecule has 1 atom stereocenters. The molecule has 2 aliphatic rings. The molecule has 0 aliphatic carbocycles. The highest BCUT2D eigenvalue weighted by Gasteiger charge is 2.27. The average molecular weight is 362 g/mol. The predicted octanol–water partition coefficient (Wildman–Crippen LogP) is 4.69. The van der Waals surface area contributed by atoms with Crippen molar-refractivity contribution in [1.82, 2.24) is 4.57 Å². The second kappa shape index (κ2) is 6.27. The Hall–Kier alpha value is -3.08. The number of aliphatic imine (C=N–C) groups is 1. The van der Waals surface area contributed by atoms with Gasteiger partial charge in [0.25, 0.3) is 0 Å². The van der Waals surface area contributed by atoms with E-state index in [-0.39, 0.29) is 11.9 Å². The fourth-order valence-corrected chi connectivity index (χ4v) is 3.82. The first-order chi connectivity index (χ1) is 13.3. The molecule has 0 spiro atoms. The van der Waals surface area contributed by atoms with Crippen molar-refractivity contribution in [2.45, 2.75) is 19.4 Å². The Labute approximate surface area is 156 Å². The fraction of sp³-hybridized carbons (Fsp3) is 0.227. The van der Waals surface area contributed by atoms with Crippen LogP contribution in [0.4, 0.5) is 4.39 Å². The maximum absolute atomic E-state index is 14.6. The molecule has 4 nitrogen and oxygen atoms in total. The predicted molar refractivity (Wildman–Crippen MR) is 102 cm³/mol. The molecule has 0 unspecified atom stereocenters. The molecule has 27 heavy (non-hydrogen) atoms. The van der Waals surface area contributed by atoms with Crippen LogP contribution >= 0.6 is 0 Å². The Kier molecular flexibility index (Phi) is 3.74. The number of ether oxygens (including phenoxy) is 2. The van der Waals surface area contributed by atoms with Crippen molar-refractivity contribution in [2.75, 3.05) is 13.2 Å². The minimum Gasteiger partial charge on any atom is -0.486 e. The number of nitrogens with zero attached hydrogens (tertiary/aromatic N) is 2. The van der Waals surface area contributed by atoms with Crippen LogP contribution in [0.1, 0.15) is 36.2 Å². The van der Waals surface area contributed by atoms with Crippen molar-refractivity contribution >= 4 is 5.71 Å². The van der Waals surface area contributed by atoms with Crippen LogP contribution in [0.15, 0.2) is 59.7 Å². The molecular weight excluding hydrogens is 343 g/mol. The quantitative estimate of drug-likeness (QED) is 0.663. The van der Waals surface area contributed by atoms with Gasteiger partial charge in [0.1, 0.15) is 19.0 Å². The second-order valence-corrected chi connectivity index (χ2v) is 6.70. The van der Waals surface area contributed by atoms with Gasteiger partial charge in [0.15, 0.2) is 11.5 Å². The highest BCUT2D eigenvalue weighted by atomic mass is 19.1. The Morgan fingerprint density at radius 2 is 1.85 bits per heavy atom. The molecular formula is C22H19FN2O2. The lowest BCUT2D eigenvalue weighted by molar-refractivity contribution is 0.171. The molecule has 5 rings (SSSR count). The molecule has 0 amide bonds. The van der Waals surface area contributed by atoms with E-state index in [4.69, 9.17) is 14.5 Å². The zero-order valence-electron chi connectivity index (χ0n) is 15.0. The first kappa shape index (κ1) is 16.1. The SMILES string of the molecule is CC[C@H]1N=C(c2ccccc2F)c2cccn2-c2cc3c(cc21)OCCO3. The number of hydrogen-bond donors (Lipinski definition) is 0. The van der Waals surface area contributed by atoms with Gasteiger partial charge in [-0.05, 0) is 36.8 Å². The molecule has 3 heterocycles. The van der Waals surface area contributed by atoms with Crippen molar-refractivity contribution in [2.24, 2.45) is 4.99 Å². The van der Waals surface area contributed by atoms with E-state index in [1.165, 1.54) is 6.07 Å². The molecule has 0 saturated carbocycles. The van der Waals surface area contributed by atoms with Crippen molar-refractivity contribution in [3.63, 3.8) is 0 Å². The van der Waals surface area contributed by atoms with Crippen molar-refractivity contribution < 1.29 is 13.9 Å². The Morgan fingerprint density at radius 1 is 1.07 bits per heavy atom. The van der Waals surface area contributed by atoms with Crippen molar-refractivity contribution in [3.05, 3.63) is 77.4 Å². The van der Waals surface area contributed by atoms with Crippen molar-refractivity contribution in [3.8, 4) is 17.2 Å². The number of rotatable bonds is 2. The van der Waals surface area contributed by atoms with Gasteiger partial charge in [0.2, 0.25) is 0 Å². The van der Waals surface area contributed by atoms with Gasteiger partial charge in [-0.15, -0.1) is 0 Å². The molecule has 0 radical (unpaired) electrons. The highest BCUT2D eigenvalue weighted by Crippen LogP contribution is 2.41. The molecule has 2 aromatic carbocycles. The summed E-state index contributed by atoms with van der Waals surface area (Å²) in [6, 6.07) is 14.7. The molecule has 0 fully saturated rings. The van der Waals surface area contributed by atoms with Crippen LogP contribution in [-0.2, 0) is 0 Å². The third kappa shape index (κ3) is 2.53. The van der Waals surface area contributed by atoms with Crippen LogP contribution in [0.3, 0.4) is 0 Å². The van der Waals surface area contributed by atoms with E-state index in [0.717, 1.165) is 34.9 Å². The van der Waals surface area contributed by atoms with E-state index >= 15 is 0 Å². The molecule has 136 valence electrons. The van der Waals surface area contributed by atoms with E-state index in [1.807, 2.05) is 36.5 Å². The number of fused-ring (bicyclic) bond motifs is 4. The van der Waals surface area contributed by atoms with Crippen LogP contribution in [0.2, 0.25) is 0 Å². The van der Waals surface area contributed by atoms with E-state index in [0.29, 0.717) is 24.5 Å². The fourth-order valence-electron chi connectivity index (χ4n) is 3.82. The molecule has 3 aromatic rings. The zero-order chi connectivity index (χ0) is 18.4. The summed E-state index contributed by atoms with van der Waals surface area (Å²) in [5.41, 5.74) is 4.11. The average Bonchev–Trinajstić information content (AvgIpc) is 3.14. The van der Waals surface area contributed by atoms with Gasteiger partial charge in [-0.3, -0.25) is 4.99 Å². The largest absolute Gasteiger partial charge is 0.486 e. The van der Waals surface area contributed by atoms with Crippen LogP contribution in [0.25, 0.3) is 5.69 Å². The second-order valence-electron chi connectivity index (χ2n) is 6.70. The number of hydrogen-bond acceptors (Lipinski definition) is 3. The minimum atomic E-state index is -0.268. The third-order valence-corrected chi connectivity index (χ3v) is 5.10. The lowest BCUT2D eigenvalue weighted by Gasteiger charge is -2.22. The Balaban J connectivity index is 1.78. The van der Waals surface area contributed by atoms with Crippen LogP contribution in [-0.4, -0.2) is 23.5 Å². The molecule has 0 N–H and O–H groups in total. The number of halogens is 1. The van der Waals surface area contributed by atoms with Gasteiger partial charge in [-0.1, -0.05) is 19.1 Å². The van der Waals surface area contributed by atoms with Gasteiger partial charge in [0.05, 0.1) is 23.1 Å². The third-order valence-electron chi connectivity index (χ3n) is 5.10. The lowest BCUT2D eigenvalue weighted by atomic mass is 10.0. The van der Waals surface area contributed by atoms with Crippen LogP contribution in [0, 0.1) is 5.82 Å². The standard InChI is InChI=1S/C22H19FN2O2/c1-2-17-15-12-20-21(27-11-10-26-20)13-19(15)25-9-5-8-18(25)22(24-17)14-6-3-4-7-16(14)23/h3-9,12-13,17H,2,10-11H2,1H3/t17-/m1/s1. The maximum Gasteiger partial charge on any atom is 0.163 e. The molecule has 0 saturated heterocycles. The zero-order valence-corrected chi connectivity index (χ0v) is 15.0. The van der Waals surface area contributed by atoms with Gasteiger partial charge < -0.3 is 14.0 Å². The Morgan fingerprint density at radius 3 is 2.63 bits per heavy atom. The molecule has 1 aromatic heterocycles. The van der Waals surface area contributed by atoms with E-state index in [1.54, 1.807) is 12.1 Å². The number of aromatic nitrogens is 1. The number of benzene rings is 2. The summed E-state index contributed by atoms with van der Waals surface area (Å²) in [6.45, 7) is 3.17. The van der Waals surface area contributed by atoms with E-state index in [2.05, 4.69) is 11.5 Å². The van der Waals surface area contributed by atoms with Gasteiger partial charge in [0, 0.05) is 23.4 Å². The summed E-state index contributed by atoms with van der Waals surface area (Å²) in [4.78, 5) is 4.99. The molecule has 2 aliphatic heterocycles. The van der Waals surface area contributed by atoms with Crippen LogP contribution in [0.5, 0.6) is 11.5 Å². The topological polar surface area (TPSA) is 35.8 Å². The lowest BCUT2D eigenvalue weighted by Crippen LogP contribution is -2.16. The minimum absolute atomic E-state index is 0.0923. The monoisotopic (exact) mass is 362 g/mol. The first-order valence-electron chi connectivity index (χ1n) is 9.20. The molecule has 5 heteroatoms.